The number of hydrogen-bond acceptors (Lipinski definition) is 3. The Hall–Kier alpha value is -0.120. The van der Waals surface area contributed by atoms with Gasteiger partial charge >= 0.3 is 0 Å². The third-order valence-electron chi connectivity index (χ3n) is 3.86. The normalized spacial score (nSPS) is 19.6. The van der Waals surface area contributed by atoms with Crippen LogP contribution in [0.25, 0.3) is 0 Å². The Balaban J connectivity index is 2.13. The first kappa shape index (κ1) is 14.9. The molecule has 0 heterocycles. The highest BCUT2D eigenvalue weighted by Crippen LogP contribution is 2.48. The molecule has 1 atom stereocenters. The number of methoxy groups -OCH3 is 1. The molecule has 1 saturated carbocycles. The average Bonchev–Trinajstić information content (AvgIpc) is 3.05. The molecule has 3 heteroatoms. The standard InChI is InChI=1S/C14H30N2O/c1-12(2)8-13(9-15)10-16-11-14(4-5-14)6-7-17-3/h12-13,16H,4-11,15H2,1-3H3. The summed E-state index contributed by atoms with van der Waals surface area (Å²) in [6.07, 6.45) is 5.16. The lowest BCUT2D eigenvalue weighted by Gasteiger charge is -2.20. The van der Waals surface area contributed by atoms with E-state index in [0.717, 1.165) is 32.2 Å². The smallest absolute Gasteiger partial charge is 0.0468 e. The fraction of sp³-hybridized carbons (Fsp3) is 1.00. The maximum atomic E-state index is 5.81. The minimum atomic E-state index is 0.549. The molecule has 1 aliphatic carbocycles. The predicted octanol–water partition coefficient (Wildman–Crippen LogP) is 2.01. The van der Waals surface area contributed by atoms with Crippen molar-refractivity contribution < 1.29 is 4.74 Å². The summed E-state index contributed by atoms with van der Waals surface area (Å²) in [6, 6.07) is 0. The third kappa shape index (κ3) is 5.84. The average molecular weight is 242 g/mol. The minimum absolute atomic E-state index is 0.549. The zero-order chi connectivity index (χ0) is 12.7. The number of nitrogens with one attached hydrogen (secondary N) is 1. The van der Waals surface area contributed by atoms with Gasteiger partial charge in [0.15, 0.2) is 0 Å². The molecule has 1 fully saturated rings. The topological polar surface area (TPSA) is 47.3 Å². The van der Waals surface area contributed by atoms with E-state index in [-0.39, 0.29) is 0 Å². The fourth-order valence-corrected chi connectivity index (χ4v) is 2.48. The Kier molecular flexibility index (Phi) is 6.45. The quantitative estimate of drug-likeness (QED) is 0.616. The van der Waals surface area contributed by atoms with Crippen LogP contribution in [0.5, 0.6) is 0 Å². The van der Waals surface area contributed by atoms with Gasteiger partial charge in [-0.25, -0.2) is 0 Å². The molecular formula is C14H30N2O. The van der Waals surface area contributed by atoms with Crippen LogP contribution in [-0.4, -0.2) is 33.4 Å². The van der Waals surface area contributed by atoms with Gasteiger partial charge in [0.05, 0.1) is 0 Å². The Bertz CT molecular complexity index is 202. The summed E-state index contributed by atoms with van der Waals surface area (Å²) in [6.45, 7) is 8.45. The van der Waals surface area contributed by atoms with Gasteiger partial charge in [0.2, 0.25) is 0 Å². The molecule has 1 rings (SSSR count). The van der Waals surface area contributed by atoms with Crippen LogP contribution in [0.3, 0.4) is 0 Å². The molecule has 17 heavy (non-hydrogen) atoms. The number of rotatable bonds is 10. The summed E-state index contributed by atoms with van der Waals surface area (Å²) < 4.78 is 5.17. The van der Waals surface area contributed by atoms with Gasteiger partial charge < -0.3 is 15.8 Å². The lowest BCUT2D eigenvalue weighted by atomic mass is 9.96. The van der Waals surface area contributed by atoms with Crippen molar-refractivity contribution in [3.05, 3.63) is 0 Å². The second kappa shape index (κ2) is 7.34. The Morgan fingerprint density at radius 1 is 1.35 bits per heavy atom. The van der Waals surface area contributed by atoms with E-state index in [9.17, 15) is 0 Å². The van der Waals surface area contributed by atoms with Crippen LogP contribution in [0.1, 0.15) is 39.5 Å². The Morgan fingerprint density at radius 2 is 2.06 bits per heavy atom. The van der Waals surface area contributed by atoms with E-state index < -0.39 is 0 Å². The van der Waals surface area contributed by atoms with E-state index in [1.165, 1.54) is 25.7 Å². The first-order valence-electron chi connectivity index (χ1n) is 7.01. The molecule has 0 radical (unpaired) electrons. The summed E-state index contributed by atoms with van der Waals surface area (Å²) in [5.41, 5.74) is 6.36. The molecular weight excluding hydrogens is 212 g/mol. The summed E-state index contributed by atoms with van der Waals surface area (Å²) in [5, 5.41) is 3.62. The van der Waals surface area contributed by atoms with Crippen molar-refractivity contribution in [3.8, 4) is 0 Å². The van der Waals surface area contributed by atoms with E-state index in [2.05, 4.69) is 19.2 Å². The molecule has 102 valence electrons. The molecule has 3 N–H and O–H groups in total. The van der Waals surface area contributed by atoms with Crippen LogP contribution in [0.2, 0.25) is 0 Å². The summed E-state index contributed by atoms with van der Waals surface area (Å²) in [7, 11) is 1.79. The van der Waals surface area contributed by atoms with E-state index >= 15 is 0 Å². The molecule has 1 aliphatic rings. The van der Waals surface area contributed by atoms with E-state index in [4.69, 9.17) is 10.5 Å². The molecule has 0 aromatic rings. The van der Waals surface area contributed by atoms with Crippen molar-refractivity contribution in [3.63, 3.8) is 0 Å². The van der Waals surface area contributed by atoms with Crippen LogP contribution in [0.4, 0.5) is 0 Å². The Morgan fingerprint density at radius 3 is 2.53 bits per heavy atom. The van der Waals surface area contributed by atoms with Gasteiger partial charge in [0, 0.05) is 20.3 Å². The lowest BCUT2D eigenvalue weighted by Crippen LogP contribution is -2.33. The zero-order valence-electron chi connectivity index (χ0n) is 11.8. The van der Waals surface area contributed by atoms with E-state index in [1.807, 2.05) is 0 Å². The van der Waals surface area contributed by atoms with Crippen molar-refractivity contribution in [2.75, 3.05) is 33.4 Å². The molecule has 1 unspecified atom stereocenters. The summed E-state index contributed by atoms with van der Waals surface area (Å²) in [4.78, 5) is 0. The number of hydrogen-bond donors (Lipinski definition) is 2. The minimum Gasteiger partial charge on any atom is -0.385 e. The molecule has 3 nitrogen and oxygen atoms in total. The van der Waals surface area contributed by atoms with Crippen molar-refractivity contribution in [1.82, 2.24) is 5.32 Å². The van der Waals surface area contributed by atoms with Gasteiger partial charge in [0.25, 0.3) is 0 Å². The first-order valence-corrected chi connectivity index (χ1v) is 7.01. The van der Waals surface area contributed by atoms with Crippen LogP contribution in [0, 0.1) is 17.3 Å². The molecule has 0 saturated heterocycles. The van der Waals surface area contributed by atoms with Crippen molar-refractivity contribution in [1.29, 1.82) is 0 Å². The predicted molar refractivity (Wildman–Crippen MR) is 73.0 cm³/mol. The highest BCUT2D eigenvalue weighted by molar-refractivity contribution is 4.94. The van der Waals surface area contributed by atoms with E-state index in [1.54, 1.807) is 7.11 Å². The SMILES string of the molecule is COCCC1(CNCC(CN)CC(C)C)CC1. The highest BCUT2D eigenvalue weighted by atomic mass is 16.5. The van der Waals surface area contributed by atoms with Gasteiger partial charge in [-0.2, -0.15) is 0 Å². The van der Waals surface area contributed by atoms with E-state index in [0.29, 0.717) is 11.3 Å². The molecule has 0 aliphatic heterocycles. The molecule has 0 spiro atoms. The molecule has 0 aromatic carbocycles. The van der Waals surface area contributed by atoms with Crippen LogP contribution < -0.4 is 11.1 Å². The van der Waals surface area contributed by atoms with Crippen molar-refractivity contribution in [2.24, 2.45) is 23.0 Å². The highest BCUT2D eigenvalue weighted by Gasteiger charge is 2.41. The Labute approximate surface area is 106 Å². The van der Waals surface area contributed by atoms with Crippen LogP contribution in [0.15, 0.2) is 0 Å². The van der Waals surface area contributed by atoms with Gasteiger partial charge in [-0.15, -0.1) is 0 Å². The maximum absolute atomic E-state index is 5.81. The third-order valence-corrected chi connectivity index (χ3v) is 3.86. The van der Waals surface area contributed by atoms with Crippen LogP contribution >= 0.6 is 0 Å². The maximum Gasteiger partial charge on any atom is 0.0468 e. The largest absolute Gasteiger partial charge is 0.385 e. The molecule has 0 aromatic heterocycles. The van der Waals surface area contributed by atoms with Gasteiger partial charge in [-0.3, -0.25) is 0 Å². The number of nitrogens with two attached hydrogens (primary N) is 1. The van der Waals surface area contributed by atoms with Gasteiger partial charge in [0.1, 0.15) is 0 Å². The van der Waals surface area contributed by atoms with Crippen LogP contribution in [-0.2, 0) is 4.74 Å². The second-order valence-corrected chi connectivity index (χ2v) is 6.10. The zero-order valence-corrected chi connectivity index (χ0v) is 11.8. The second-order valence-electron chi connectivity index (χ2n) is 6.10. The van der Waals surface area contributed by atoms with Crippen molar-refractivity contribution >= 4 is 0 Å². The van der Waals surface area contributed by atoms with Gasteiger partial charge in [-0.1, -0.05) is 13.8 Å². The first-order chi connectivity index (χ1) is 8.12. The lowest BCUT2D eigenvalue weighted by molar-refractivity contribution is 0.170. The monoisotopic (exact) mass is 242 g/mol. The molecule has 0 bridgehead atoms. The van der Waals surface area contributed by atoms with Gasteiger partial charge in [-0.05, 0) is 56.0 Å². The summed E-state index contributed by atoms with van der Waals surface area (Å²) >= 11 is 0. The molecule has 0 amide bonds. The number of ether oxygens (including phenoxy) is 1. The van der Waals surface area contributed by atoms with Crippen molar-refractivity contribution in [2.45, 2.75) is 39.5 Å². The summed E-state index contributed by atoms with van der Waals surface area (Å²) in [5.74, 6) is 1.38. The fourth-order valence-electron chi connectivity index (χ4n) is 2.48.